The largest absolute Gasteiger partial charge is 0.455 e. The minimum Gasteiger partial charge on any atom is -0.455 e. The Labute approximate surface area is 492 Å². The number of fused-ring (bicyclic) bond motifs is 14. The Morgan fingerprint density at radius 1 is 0.265 bits per heavy atom. The molecule has 0 fully saturated rings. The Morgan fingerprint density at radius 2 is 0.735 bits per heavy atom. The first kappa shape index (κ1) is 40.6. The third kappa shape index (κ3) is 8.23. The molecule has 0 saturated heterocycles. The van der Waals surface area contributed by atoms with Crippen molar-refractivity contribution in [1.29, 1.82) is 0 Å². The lowest BCUT2D eigenvalue weighted by Crippen LogP contribution is -1.97. The van der Waals surface area contributed by atoms with Crippen LogP contribution in [0.25, 0.3) is 141 Å². The molecule has 1 heteroatoms. The van der Waals surface area contributed by atoms with E-state index in [1.54, 1.807) is 0 Å². The molecule has 16 aromatic carbocycles. The van der Waals surface area contributed by atoms with E-state index >= 15 is 0 Å². The van der Waals surface area contributed by atoms with Gasteiger partial charge in [0.1, 0.15) is 11.2 Å². The van der Waals surface area contributed by atoms with Gasteiger partial charge < -0.3 is 4.42 Å². The topological polar surface area (TPSA) is 13.1 Å². The van der Waals surface area contributed by atoms with Gasteiger partial charge in [-0.05, 0) is 167 Å². The summed E-state index contributed by atoms with van der Waals surface area (Å²) in [5.74, 6) is 0. The summed E-state index contributed by atoms with van der Waals surface area (Å²) in [5, 5.41) is 17.8. The molecule has 0 atom stereocenters. The predicted octanol–water partition coefficient (Wildman–Crippen LogP) is 22.7. The van der Waals surface area contributed by atoms with Crippen molar-refractivity contribution < 1.29 is 15.4 Å². The first-order chi connectivity index (χ1) is 44.5. The fourth-order valence-corrected chi connectivity index (χ4v) is 13.2. The highest BCUT2D eigenvalue weighted by Gasteiger charge is 2.21. The molecule has 1 nitrogen and oxygen atoms in total. The first-order valence-electron chi connectivity index (χ1n) is 32.2. The Kier molecular flexibility index (Phi) is 9.86. The zero-order valence-corrected chi connectivity index (χ0v) is 45.1. The maximum absolute atomic E-state index is 9.32. The van der Waals surface area contributed by atoms with E-state index in [0.29, 0.717) is 22.3 Å². The molecule has 388 valence electrons. The lowest BCUT2D eigenvalue weighted by molar-refractivity contribution is 0.672. The fraction of sp³-hybridized carbons (Fsp3) is 0.0244. The van der Waals surface area contributed by atoms with Gasteiger partial charge in [-0.2, -0.15) is 0 Å². The molecule has 0 spiro atoms. The van der Waals surface area contributed by atoms with Crippen molar-refractivity contribution in [1.82, 2.24) is 0 Å². The van der Waals surface area contributed by atoms with Crippen molar-refractivity contribution >= 4 is 108 Å². The van der Waals surface area contributed by atoms with Crippen LogP contribution in [0.15, 0.2) is 308 Å². The molecule has 0 aliphatic rings. The highest BCUT2D eigenvalue weighted by Crippen LogP contribution is 2.45. The SMILES string of the molecule is [2H]c1c([2H])c([2H])c2c(-c3cccc(-c4ccccc4)c3)c3c([2H])c([2H])c([2H])c([2H])c3c(Cc3cccc4oc5c6ccccc6ccc5c34)c2c1[2H].c1ccc(-c2c3ccccc3c(Cc3cc4ccc5ccccc5c4c4ccccc34)c3ccccc23)cc1. The first-order valence-corrected chi connectivity index (χ1v) is 28.2. The monoisotopic (exact) mass is 1060 g/mol. The number of hydrogen-bond acceptors (Lipinski definition) is 1. The summed E-state index contributed by atoms with van der Waals surface area (Å²) in [6.45, 7) is 0. The van der Waals surface area contributed by atoms with E-state index in [4.69, 9.17) is 9.90 Å². The standard InChI is InChI=1S/C43H28O.C39H26/c1-2-12-28(13-3-1)30-15-10-16-31(26-30)41-36-21-8-6-19-34(36)39(35-20-7-9-22-37(35)41)27-32-17-11-23-40-42(32)38-25-24-29-14-4-5-18-33(29)43(38)44-40;1-2-13-27(14-3-1)38-35-20-10-7-17-32(35)37(33-18-8-11-21-36(33)38)25-29-24-28-23-22-26-12-4-5-16-31(26)39(28)34-19-9-6-15-30(29)34/h1-26H,27H2;1-24H,25H2/i6D,7D,8D,9D,19D,20D,21D,22D;. The minimum absolute atomic E-state index is 0.111. The van der Waals surface area contributed by atoms with Crippen LogP contribution < -0.4 is 0 Å². The molecule has 17 aromatic rings. The minimum atomic E-state index is -0.418. The molecule has 0 radical (unpaired) electrons. The van der Waals surface area contributed by atoms with E-state index in [2.05, 4.69) is 146 Å². The van der Waals surface area contributed by atoms with Gasteiger partial charge in [-0.25, -0.2) is 0 Å². The summed E-state index contributed by atoms with van der Waals surface area (Å²) >= 11 is 0. The van der Waals surface area contributed by atoms with Gasteiger partial charge in [-0.1, -0.05) is 285 Å². The molecule has 83 heavy (non-hydrogen) atoms. The number of furan rings is 1. The highest BCUT2D eigenvalue weighted by atomic mass is 16.3. The van der Waals surface area contributed by atoms with Crippen molar-refractivity contribution in [3.8, 4) is 33.4 Å². The van der Waals surface area contributed by atoms with E-state index in [-0.39, 0.29) is 52.1 Å². The lowest BCUT2D eigenvalue weighted by atomic mass is 9.85. The lowest BCUT2D eigenvalue weighted by Gasteiger charge is -2.19. The molecule has 0 N–H and O–H groups in total. The molecule has 0 saturated carbocycles. The molecule has 0 aliphatic heterocycles. The second kappa shape index (κ2) is 20.2. The van der Waals surface area contributed by atoms with Gasteiger partial charge in [-0.3, -0.25) is 0 Å². The molecule has 1 heterocycles. The third-order valence-corrected chi connectivity index (χ3v) is 16.9. The van der Waals surface area contributed by atoms with Gasteiger partial charge in [0.2, 0.25) is 0 Å². The van der Waals surface area contributed by atoms with Gasteiger partial charge in [0.05, 0.1) is 11.0 Å². The van der Waals surface area contributed by atoms with Crippen molar-refractivity contribution in [2.24, 2.45) is 0 Å². The smallest absolute Gasteiger partial charge is 0.143 e. The third-order valence-electron chi connectivity index (χ3n) is 16.9. The summed E-state index contributed by atoms with van der Waals surface area (Å²) in [7, 11) is 0. The Hall–Kier alpha value is -10.6. The summed E-state index contributed by atoms with van der Waals surface area (Å²) < 4.78 is 78.8. The van der Waals surface area contributed by atoms with Crippen molar-refractivity contribution in [2.45, 2.75) is 12.8 Å². The van der Waals surface area contributed by atoms with Gasteiger partial charge in [0.25, 0.3) is 0 Å². The van der Waals surface area contributed by atoms with Gasteiger partial charge in [0.15, 0.2) is 0 Å². The van der Waals surface area contributed by atoms with E-state index in [1.807, 2.05) is 109 Å². The average Bonchev–Trinajstić information content (AvgIpc) is 0.953. The molecule has 0 unspecified atom stereocenters. The summed E-state index contributed by atoms with van der Waals surface area (Å²) in [6.07, 6.45) is 0.986. The van der Waals surface area contributed by atoms with Crippen LogP contribution in [0.2, 0.25) is 0 Å². The van der Waals surface area contributed by atoms with Crippen LogP contribution in [-0.4, -0.2) is 0 Å². The second-order valence-electron chi connectivity index (χ2n) is 21.5. The zero-order chi connectivity index (χ0) is 61.8. The second-order valence-corrected chi connectivity index (χ2v) is 21.5. The summed E-state index contributed by atoms with van der Waals surface area (Å²) in [5.41, 5.74) is 10.6. The fourth-order valence-electron chi connectivity index (χ4n) is 13.2. The normalized spacial score (nSPS) is 13.1. The Morgan fingerprint density at radius 3 is 1.42 bits per heavy atom. The zero-order valence-electron chi connectivity index (χ0n) is 53.1. The van der Waals surface area contributed by atoms with Gasteiger partial charge >= 0.3 is 0 Å². The van der Waals surface area contributed by atoms with Crippen LogP contribution in [0.5, 0.6) is 0 Å². The molecule has 0 aliphatic carbocycles. The van der Waals surface area contributed by atoms with Crippen LogP contribution in [0.3, 0.4) is 0 Å². The molecule has 17 rings (SSSR count). The van der Waals surface area contributed by atoms with Crippen LogP contribution in [-0.2, 0) is 12.8 Å². The van der Waals surface area contributed by atoms with E-state index in [1.165, 1.54) is 76.1 Å². The van der Waals surface area contributed by atoms with Gasteiger partial charge in [0, 0.05) is 16.2 Å². The molecular weight excluding hydrogens is 1000 g/mol. The number of rotatable bonds is 7. The average molecular weight is 1060 g/mol. The molecular formula is C82H54O. The van der Waals surface area contributed by atoms with Gasteiger partial charge in [-0.15, -0.1) is 0 Å². The quantitative estimate of drug-likeness (QED) is 0.115. The van der Waals surface area contributed by atoms with Crippen molar-refractivity contribution in [3.63, 3.8) is 0 Å². The van der Waals surface area contributed by atoms with E-state index < -0.39 is 24.2 Å². The molecule has 0 amide bonds. The maximum Gasteiger partial charge on any atom is 0.143 e. The van der Waals surface area contributed by atoms with Crippen molar-refractivity contribution in [2.75, 3.05) is 0 Å². The van der Waals surface area contributed by atoms with Crippen LogP contribution in [0.4, 0.5) is 0 Å². The van der Waals surface area contributed by atoms with Crippen LogP contribution in [0.1, 0.15) is 33.2 Å². The van der Waals surface area contributed by atoms with E-state index in [0.717, 1.165) is 50.2 Å². The predicted molar refractivity (Wildman–Crippen MR) is 355 cm³/mol. The summed E-state index contributed by atoms with van der Waals surface area (Å²) in [6, 6.07) is 85.7. The van der Waals surface area contributed by atoms with Crippen molar-refractivity contribution in [3.05, 3.63) is 325 Å². The number of hydrogen-bond donors (Lipinski definition) is 0. The molecule has 0 bridgehead atoms. The van der Waals surface area contributed by atoms with E-state index in [9.17, 15) is 5.48 Å². The summed E-state index contributed by atoms with van der Waals surface area (Å²) in [4.78, 5) is 0. The Balaban J connectivity index is 0.000000151. The van der Waals surface area contributed by atoms with Crippen LogP contribution >= 0.6 is 0 Å². The highest BCUT2D eigenvalue weighted by molar-refractivity contribution is 6.22. The maximum atomic E-state index is 9.32. The number of benzene rings is 16. The molecule has 1 aromatic heterocycles. The van der Waals surface area contributed by atoms with Crippen LogP contribution in [0, 0.1) is 0 Å². The Bertz CT molecular complexity index is 5740.